The molecule has 1 unspecified atom stereocenters. The molecule has 1 aliphatic heterocycles. The number of benzene rings is 1. The van der Waals surface area contributed by atoms with Crippen molar-refractivity contribution in [1.29, 1.82) is 0 Å². The Morgan fingerprint density at radius 2 is 2.00 bits per heavy atom. The third-order valence-corrected chi connectivity index (χ3v) is 5.52. The van der Waals surface area contributed by atoms with Gasteiger partial charge in [0, 0.05) is 31.6 Å². The Hall–Kier alpha value is -1.27. The van der Waals surface area contributed by atoms with Crippen molar-refractivity contribution >= 4 is 0 Å². The van der Waals surface area contributed by atoms with Gasteiger partial charge in [0.25, 0.3) is 0 Å². The first-order valence-electron chi connectivity index (χ1n) is 8.99. The molecule has 2 fully saturated rings. The molecule has 1 N–H and O–H groups in total. The average molecular weight is 357 g/mol. The number of rotatable bonds is 5. The van der Waals surface area contributed by atoms with Crippen molar-refractivity contribution < 1.29 is 22.6 Å². The van der Waals surface area contributed by atoms with E-state index in [2.05, 4.69) is 5.32 Å². The molecule has 3 rings (SSSR count). The van der Waals surface area contributed by atoms with Crippen LogP contribution in [0.4, 0.5) is 13.2 Å². The summed E-state index contributed by atoms with van der Waals surface area (Å²) in [5, 5.41) is 3.50. The minimum absolute atomic E-state index is 0.00776. The maximum Gasteiger partial charge on any atom is 0.248 e. The van der Waals surface area contributed by atoms with Gasteiger partial charge in [-0.05, 0) is 55.8 Å². The van der Waals surface area contributed by atoms with Crippen LogP contribution in [0, 0.1) is 11.7 Å². The van der Waals surface area contributed by atoms with E-state index in [9.17, 15) is 13.2 Å². The fourth-order valence-electron chi connectivity index (χ4n) is 4.04. The molecule has 6 heteroatoms. The van der Waals surface area contributed by atoms with Gasteiger partial charge in [-0.3, -0.25) is 0 Å². The zero-order valence-electron chi connectivity index (χ0n) is 14.6. The van der Waals surface area contributed by atoms with Crippen LogP contribution in [0.2, 0.25) is 0 Å². The zero-order chi connectivity index (χ0) is 17.9. The third kappa shape index (κ3) is 4.29. The Morgan fingerprint density at radius 1 is 1.24 bits per heavy atom. The molecule has 1 aromatic carbocycles. The molecule has 3 nitrogen and oxygen atoms in total. The van der Waals surface area contributed by atoms with E-state index < -0.39 is 17.3 Å². The highest BCUT2D eigenvalue weighted by Gasteiger charge is 2.39. The van der Waals surface area contributed by atoms with Crippen LogP contribution < -0.4 is 10.1 Å². The monoisotopic (exact) mass is 357 g/mol. The largest absolute Gasteiger partial charge is 0.494 e. The standard InChI is InChI=1S/C19H26F3NO2/c1-24-17-5-4-15(11-16(17)20)18(7-9-25-10-8-18)23-13-14-3-2-6-19(21,22)12-14/h4-5,11,14,23H,2-3,6-10,12-13H2,1H3. The average Bonchev–Trinajstić information content (AvgIpc) is 2.60. The number of methoxy groups -OCH3 is 1. The predicted molar refractivity (Wildman–Crippen MR) is 89.6 cm³/mol. The first-order valence-corrected chi connectivity index (χ1v) is 8.99. The first kappa shape index (κ1) is 18.5. The Balaban J connectivity index is 1.76. The highest BCUT2D eigenvalue weighted by molar-refractivity contribution is 5.34. The number of halogens is 3. The van der Waals surface area contributed by atoms with Crippen molar-refractivity contribution in [2.75, 3.05) is 26.9 Å². The van der Waals surface area contributed by atoms with Crippen molar-refractivity contribution in [2.45, 2.75) is 50.0 Å². The van der Waals surface area contributed by atoms with Crippen LogP contribution in [0.25, 0.3) is 0 Å². The molecule has 0 bridgehead atoms. The summed E-state index contributed by atoms with van der Waals surface area (Å²) in [5.74, 6) is -2.80. The highest BCUT2D eigenvalue weighted by atomic mass is 19.3. The Morgan fingerprint density at radius 3 is 2.64 bits per heavy atom. The summed E-state index contributed by atoms with van der Waals surface area (Å²) in [6.07, 6.45) is 2.69. The first-order chi connectivity index (χ1) is 11.9. The maximum absolute atomic E-state index is 14.2. The van der Waals surface area contributed by atoms with Gasteiger partial charge in [-0.25, -0.2) is 13.2 Å². The lowest BCUT2D eigenvalue weighted by atomic mass is 9.80. The second-order valence-corrected chi connectivity index (χ2v) is 7.24. The Bertz CT molecular complexity index is 588. The van der Waals surface area contributed by atoms with Crippen LogP contribution in [0.1, 0.15) is 44.1 Å². The smallest absolute Gasteiger partial charge is 0.248 e. The second kappa shape index (κ2) is 7.54. The van der Waals surface area contributed by atoms with E-state index in [1.165, 1.54) is 13.2 Å². The van der Waals surface area contributed by atoms with E-state index in [1.54, 1.807) is 6.07 Å². The normalized spacial score (nSPS) is 25.5. The molecule has 1 heterocycles. The van der Waals surface area contributed by atoms with Gasteiger partial charge in [0.15, 0.2) is 11.6 Å². The van der Waals surface area contributed by atoms with Crippen LogP contribution in [-0.4, -0.2) is 32.8 Å². The Kier molecular flexibility index (Phi) is 5.58. The molecule has 0 amide bonds. The van der Waals surface area contributed by atoms with Gasteiger partial charge >= 0.3 is 0 Å². The van der Waals surface area contributed by atoms with Crippen LogP contribution >= 0.6 is 0 Å². The van der Waals surface area contributed by atoms with Crippen molar-refractivity contribution in [3.05, 3.63) is 29.6 Å². The topological polar surface area (TPSA) is 30.5 Å². The summed E-state index contributed by atoms with van der Waals surface area (Å²) < 4.78 is 52.0. The van der Waals surface area contributed by atoms with E-state index in [-0.39, 0.29) is 24.5 Å². The lowest BCUT2D eigenvalue weighted by Crippen LogP contribution is -2.49. The van der Waals surface area contributed by atoms with E-state index in [0.717, 1.165) is 12.0 Å². The van der Waals surface area contributed by atoms with Gasteiger partial charge in [0.1, 0.15) is 0 Å². The number of nitrogens with one attached hydrogen (secondary N) is 1. The van der Waals surface area contributed by atoms with Crippen molar-refractivity contribution in [3.63, 3.8) is 0 Å². The fraction of sp³-hybridized carbons (Fsp3) is 0.684. The molecule has 2 aliphatic rings. The molecule has 1 saturated carbocycles. The molecule has 0 radical (unpaired) electrons. The highest BCUT2D eigenvalue weighted by Crippen LogP contribution is 2.38. The molecule has 25 heavy (non-hydrogen) atoms. The van der Waals surface area contributed by atoms with Gasteiger partial charge in [-0.15, -0.1) is 0 Å². The van der Waals surface area contributed by atoms with E-state index in [0.29, 0.717) is 39.0 Å². The molecular weight excluding hydrogens is 331 g/mol. The summed E-state index contributed by atoms with van der Waals surface area (Å²) in [4.78, 5) is 0. The molecule has 1 saturated heterocycles. The van der Waals surface area contributed by atoms with Crippen molar-refractivity contribution in [2.24, 2.45) is 5.92 Å². The maximum atomic E-state index is 14.2. The predicted octanol–water partition coefficient (Wildman–Crippen LogP) is 4.26. The lowest BCUT2D eigenvalue weighted by Gasteiger charge is -2.41. The number of hydrogen-bond donors (Lipinski definition) is 1. The number of ether oxygens (including phenoxy) is 2. The van der Waals surface area contributed by atoms with Crippen LogP contribution in [-0.2, 0) is 10.3 Å². The number of alkyl halides is 2. The summed E-state index contributed by atoms with van der Waals surface area (Å²) in [6, 6.07) is 4.97. The zero-order valence-corrected chi connectivity index (χ0v) is 14.6. The van der Waals surface area contributed by atoms with Gasteiger partial charge in [-0.2, -0.15) is 0 Å². The van der Waals surface area contributed by atoms with Crippen molar-refractivity contribution in [1.82, 2.24) is 5.32 Å². The second-order valence-electron chi connectivity index (χ2n) is 7.24. The lowest BCUT2D eigenvalue weighted by molar-refractivity contribution is -0.0544. The summed E-state index contributed by atoms with van der Waals surface area (Å²) >= 11 is 0. The molecule has 140 valence electrons. The molecule has 1 aromatic rings. The van der Waals surface area contributed by atoms with Crippen LogP contribution in [0.5, 0.6) is 5.75 Å². The van der Waals surface area contributed by atoms with Gasteiger partial charge in [0.2, 0.25) is 5.92 Å². The molecule has 1 aliphatic carbocycles. The molecule has 1 atom stereocenters. The summed E-state index contributed by atoms with van der Waals surface area (Å²) in [6.45, 7) is 1.66. The van der Waals surface area contributed by atoms with E-state index >= 15 is 0 Å². The quantitative estimate of drug-likeness (QED) is 0.854. The Labute approximate surface area is 146 Å². The molecular formula is C19H26F3NO2. The fourth-order valence-corrected chi connectivity index (χ4v) is 4.04. The SMILES string of the molecule is COc1ccc(C2(NCC3CCCC(F)(F)C3)CCOCC2)cc1F. The summed E-state index contributed by atoms with van der Waals surface area (Å²) in [7, 11) is 1.43. The third-order valence-electron chi connectivity index (χ3n) is 5.52. The number of hydrogen-bond acceptors (Lipinski definition) is 3. The van der Waals surface area contributed by atoms with E-state index in [1.807, 2.05) is 6.07 Å². The minimum Gasteiger partial charge on any atom is -0.494 e. The molecule has 0 aromatic heterocycles. The molecule has 0 spiro atoms. The van der Waals surface area contributed by atoms with Gasteiger partial charge in [0.05, 0.1) is 7.11 Å². The minimum atomic E-state index is -2.56. The van der Waals surface area contributed by atoms with Gasteiger partial charge in [-0.1, -0.05) is 6.07 Å². The van der Waals surface area contributed by atoms with Crippen LogP contribution in [0.3, 0.4) is 0 Å². The van der Waals surface area contributed by atoms with Crippen LogP contribution in [0.15, 0.2) is 18.2 Å². The van der Waals surface area contributed by atoms with E-state index in [4.69, 9.17) is 9.47 Å². The van der Waals surface area contributed by atoms with Crippen molar-refractivity contribution in [3.8, 4) is 5.75 Å². The van der Waals surface area contributed by atoms with Gasteiger partial charge < -0.3 is 14.8 Å². The summed E-state index contributed by atoms with van der Waals surface area (Å²) in [5.41, 5.74) is 0.398.